The Kier molecular flexibility index (Phi) is 5.22. The van der Waals surface area contributed by atoms with Crippen molar-refractivity contribution in [3.8, 4) is 0 Å². The van der Waals surface area contributed by atoms with E-state index in [-0.39, 0.29) is 18.0 Å². The molecule has 0 spiro atoms. The molecule has 0 aromatic rings. The van der Waals surface area contributed by atoms with Gasteiger partial charge in [0.1, 0.15) is 0 Å². The van der Waals surface area contributed by atoms with Gasteiger partial charge in [-0.2, -0.15) is 0 Å². The third kappa shape index (κ3) is 4.10. The molecule has 1 rings (SSSR count). The number of hydrogen-bond donors (Lipinski definition) is 2. The minimum atomic E-state index is -0.129. The summed E-state index contributed by atoms with van der Waals surface area (Å²) in [6, 6.07) is 0.0701. The van der Waals surface area contributed by atoms with E-state index in [0.29, 0.717) is 12.0 Å². The topological polar surface area (TPSA) is 50.4 Å². The summed E-state index contributed by atoms with van der Waals surface area (Å²) in [5, 5.41) is 6.16. The summed E-state index contributed by atoms with van der Waals surface area (Å²) in [5.41, 5.74) is 0. The largest absolute Gasteiger partial charge is 0.378 e. The second-order valence-corrected chi connectivity index (χ2v) is 4.92. The fourth-order valence-electron chi connectivity index (χ4n) is 1.87. The van der Waals surface area contributed by atoms with Gasteiger partial charge in [-0.15, -0.1) is 0 Å². The molecule has 16 heavy (non-hydrogen) atoms. The summed E-state index contributed by atoms with van der Waals surface area (Å²) < 4.78 is 5.48. The highest BCUT2D eigenvalue weighted by Crippen LogP contribution is 2.19. The highest BCUT2D eigenvalue weighted by molar-refractivity contribution is 5.81. The first-order chi connectivity index (χ1) is 7.50. The Morgan fingerprint density at radius 2 is 2.12 bits per heavy atom. The van der Waals surface area contributed by atoms with Crippen molar-refractivity contribution in [3.63, 3.8) is 0 Å². The molecule has 0 aromatic carbocycles. The summed E-state index contributed by atoms with van der Waals surface area (Å²) in [5.74, 6) is 0.607. The zero-order chi connectivity index (χ0) is 12.1. The lowest BCUT2D eigenvalue weighted by Gasteiger charge is -2.19. The Balaban J connectivity index is 2.23. The summed E-state index contributed by atoms with van der Waals surface area (Å²) in [6.45, 7) is 9.64. The first-order valence-corrected chi connectivity index (χ1v) is 6.16. The van der Waals surface area contributed by atoms with Crippen molar-refractivity contribution in [2.45, 2.75) is 52.3 Å². The second kappa shape index (κ2) is 6.21. The van der Waals surface area contributed by atoms with Crippen LogP contribution in [0.4, 0.5) is 0 Å². The van der Waals surface area contributed by atoms with Crippen molar-refractivity contribution in [3.05, 3.63) is 0 Å². The van der Waals surface area contributed by atoms with Crippen LogP contribution in [0.5, 0.6) is 0 Å². The molecule has 4 nitrogen and oxygen atoms in total. The SMILES string of the molecule is CC(C)NC(=O)C(C)NCC1CCOC1C. The molecule has 0 saturated carbocycles. The van der Waals surface area contributed by atoms with Gasteiger partial charge in [0.2, 0.25) is 5.91 Å². The molecule has 0 radical (unpaired) electrons. The van der Waals surface area contributed by atoms with Crippen LogP contribution in [-0.4, -0.2) is 37.2 Å². The molecular formula is C12H24N2O2. The number of hydrogen-bond acceptors (Lipinski definition) is 3. The monoisotopic (exact) mass is 228 g/mol. The van der Waals surface area contributed by atoms with Crippen LogP contribution in [0.3, 0.4) is 0 Å². The number of rotatable bonds is 5. The average molecular weight is 228 g/mol. The maximum atomic E-state index is 11.6. The van der Waals surface area contributed by atoms with Crippen molar-refractivity contribution in [1.82, 2.24) is 10.6 Å². The van der Waals surface area contributed by atoms with E-state index >= 15 is 0 Å². The van der Waals surface area contributed by atoms with Gasteiger partial charge in [-0.3, -0.25) is 4.79 Å². The zero-order valence-corrected chi connectivity index (χ0v) is 10.7. The van der Waals surface area contributed by atoms with Crippen molar-refractivity contribution in [2.24, 2.45) is 5.92 Å². The van der Waals surface area contributed by atoms with Gasteiger partial charge < -0.3 is 15.4 Å². The van der Waals surface area contributed by atoms with E-state index in [2.05, 4.69) is 17.6 Å². The first kappa shape index (κ1) is 13.5. The van der Waals surface area contributed by atoms with Crippen LogP contribution in [-0.2, 0) is 9.53 Å². The van der Waals surface area contributed by atoms with E-state index in [4.69, 9.17) is 4.74 Å². The molecule has 1 heterocycles. The number of amides is 1. The van der Waals surface area contributed by atoms with E-state index in [0.717, 1.165) is 19.6 Å². The van der Waals surface area contributed by atoms with E-state index in [1.165, 1.54) is 0 Å². The lowest BCUT2D eigenvalue weighted by molar-refractivity contribution is -0.123. The van der Waals surface area contributed by atoms with Gasteiger partial charge in [0.05, 0.1) is 12.1 Å². The fraction of sp³-hybridized carbons (Fsp3) is 0.917. The van der Waals surface area contributed by atoms with Crippen LogP contribution in [0.2, 0.25) is 0 Å². The summed E-state index contributed by atoms with van der Waals surface area (Å²) >= 11 is 0. The second-order valence-electron chi connectivity index (χ2n) is 4.92. The van der Waals surface area contributed by atoms with Crippen molar-refractivity contribution >= 4 is 5.91 Å². The van der Waals surface area contributed by atoms with Gasteiger partial charge in [-0.1, -0.05) is 0 Å². The quantitative estimate of drug-likeness (QED) is 0.735. The summed E-state index contributed by atoms with van der Waals surface area (Å²) in [7, 11) is 0. The van der Waals surface area contributed by atoms with Crippen LogP contribution >= 0.6 is 0 Å². The predicted molar refractivity (Wildman–Crippen MR) is 64.3 cm³/mol. The molecule has 0 aliphatic carbocycles. The molecule has 0 aromatic heterocycles. The first-order valence-electron chi connectivity index (χ1n) is 6.16. The average Bonchev–Trinajstić information content (AvgIpc) is 2.59. The molecule has 1 aliphatic rings. The van der Waals surface area contributed by atoms with Gasteiger partial charge in [-0.25, -0.2) is 0 Å². The van der Waals surface area contributed by atoms with Crippen LogP contribution < -0.4 is 10.6 Å². The third-order valence-corrected chi connectivity index (χ3v) is 3.04. The molecule has 1 saturated heterocycles. The molecule has 94 valence electrons. The van der Waals surface area contributed by atoms with Crippen LogP contribution in [0, 0.1) is 5.92 Å². The van der Waals surface area contributed by atoms with Crippen molar-refractivity contribution < 1.29 is 9.53 Å². The molecule has 2 N–H and O–H groups in total. The molecule has 3 unspecified atom stereocenters. The van der Waals surface area contributed by atoms with Gasteiger partial charge >= 0.3 is 0 Å². The number of nitrogens with one attached hydrogen (secondary N) is 2. The molecule has 3 atom stereocenters. The summed E-state index contributed by atoms with van der Waals surface area (Å²) in [4.78, 5) is 11.6. The number of ether oxygens (including phenoxy) is 1. The van der Waals surface area contributed by atoms with E-state index in [9.17, 15) is 4.79 Å². The Labute approximate surface area is 98.1 Å². The standard InChI is InChI=1S/C12H24N2O2/c1-8(2)14-12(15)9(3)13-7-11-5-6-16-10(11)4/h8-11,13H,5-7H2,1-4H3,(H,14,15). The molecule has 1 aliphatic heterocycles. The van der Waals surface area contributed by atoms with E-state index < -0.39 is 0 Å². The third-order valence-electron chi connectivity index (χ3n) is 3.04. The van der Waals surface area contributed by atoms with Gasteiger partial charge in [-0.05, 0) is 40.0 Å². The lowest BCUT2D eigenvalue weighted by atomic mass is 10.0. The normalized spacial score (nSPS) is 27.1. The van der Waals surface area contributed by atoms with Crippen LogP contribution in [0.1, 0.15) is 34.1 Å². The molecule has 0 bridgehead atoms. The highest BCUT2D eigenvalue weighted by atomic mass is 16.5. The predicted octanol–water partition coefficient (Wildman–Crippen LogP) is 0.914. The zero-order valence-electron chi connectivity index (χ0n) is 10.7. The molecule has 1 amide bonds. The highest BCUT2D eigenvalue weighted by Gasteiger charge is 2.25. The Hall–Kier alpha value is -0.610. The van der Waals surface area contributed by atoms with E-state index in [1.807, 2.05) is 20.8 Å². The number of carbonyl (C=O) groups excluding carboxylic acids is 1. The smallest absolute Gasteiger partial charge is 0.237 e. The minimum absolute atomic E-state index is 0.0709. The van der Waals surface area contributed by atoms with E-state index in [1.54, 1.807) is 0 Å². The Morgan fingerprint density at radius 3 is 2.62 bits per heavy atom. The van der Waals surface area contributed by atoms with Gasteiger partial charge in [0.25, 0.3) is 0 Å². The molecule has 4 heteroatoms. The Bertz CT molecular complexity index is 231. The molecule has 1 fully saturated rings. The lowest BCUT2D eigenvalue weighted by Crippen LogP contribution is -2.46. The minimum Gasteiger partial charge on any atom is -0.378 e. The van der Waals surface area contributed by atoms with Gasteiger partial charge in [0, 0.05) is 19.2 Å². The maximum Gasteiger partial charge on any atom is 0.237 e. The van der Waals surface area contributed by atoms with Gasteiger partial charge in [0.15, 0.2) is 0 Å². The van der Waals surface area contributed by atoms with Crippen LogP contribution in [0.15, 0.2) is 0 Å². The maximum absolute atomic E-state index is 11.6. The fourth-order valence-corrected chi connectivity index (χ4v) is 1.87. The number of carbonyl (C=O) groups is 1. The van der Waals surface area contributed by atoms with Crippen LogP contribution in [0.25, 0.3) is 0 Å². The van der Waals surface area contributed by atoms with Crippen molar-refractivity contribution in [2.75, 3.05) is 13.2 Å². The molecular weight excluding hydrogens is 204 g/mol. The van der Waals surface area contributed by atoms with Crippen molar-refractivity contribution in [1.29, 1.82) is 0 Å². The summed E-state index contributed by atoms with van der Waals surface area (Å²) in [6.07, 6.45) is 1.40. The Morgan fingerprint density at radius 1 is 1.44 bits per heavy atom.